The molecule has 1 aliphatic rings. The standard InChI is InChI=1S/C8H11ClO/c1-8(2)4-3-7(10)6(9)5-8/h3-4,6H,5H2,1-2H3. The van der Waals surface area contributed by atoms with E-state index in [1.165, 1.54) is 0 Å². The molecule has 0 aromatic rings. The molecule has 0 fully saturated rings. The summed E-state index contributed by atoms with van der Waals surface area (Å²) >= 11 is 5.75. The van der Waals surface area contributed by atoms with E-state index in [4.69, 9.17) is 11.6 Å². The third-order valence-corrected chi connectivity index (χ3v) is 2.08. The average molecular weight is 159 g/mol. The number of carbonyl (C=O) groups excluding carboxylic acids is 1. The smallest absolute Gasteiger partial charge is 0.173 e. The molecule has 0 amide bonds. The summed E-state index contributed by atoms with van der Waals surface area (Å²) in [5.74, 6) is 0.0426. The number of rotatable bonds is 0. The molecule has 0 N–H and O–H groups in total. The molecule has 0 spiro atoms. The van der Waals surface area contributed by atoms with Gasteiger partial charge in [-0.3, -0.25) is 4.79 Å². The third kappa shape index (κ3) is 1.60. The van der Waals surface area contributed by atoms with Gasteiger partial charge in [0, 0.05) is 0 Å². The highest BCUT2D eigenvalue weighted by Gasteiger charge is 2.27. The lowest BCUT2D eigenvalue weighted by molar-refractivity contribution is -0.115. The molecule has 10 heavy (non-hydrogen) atoms. The summed E-state index contributed by atoms with van der Waals surface area (Å²) in [7, 11) is 0. The molecule has 1 aliphatic carbocycles. The van der Waals surface area contributed by atoms with Gasteiger partial charge in [0.15, 0.2) is 5.78 Å². The number of allylic oxidation sites excluding steroid dienone is 2. The monoisotopic (exact) mass is 158 g/mol. The maximum Gasteiger partial charge on any atom is 0.173 e. The zero-order chi connectivity index (χ0) is 7.78. The first-order chi connectivity index (χ1) is 4.51. The fraction of sp³-hybridized carbons (Fsp3) is 0.625. The van der Waals surface area contributed by atoms with E-state index in [2.05, 4.69) is 13.8 Å². The van der Waals surface area contributed by atoms with Gasteiger partial charge >= 0.3 is 0 Å². The Morgan fingerprint density at radius 2 is 2.30 bits per heavy atom. The fourth-order valence-corrected chi connectivity index (χ4v) is 1.51. The zero-order valence-electron chi connectivity index (χ0n) is 6.23. The van der Waals surface area contributed by atoms with Crippen LogP contribution in [0.25, 0.3) is 0 Å². The molecule has 1 nitrogen and oxygen atoms in total. The first-order valence-corrected chi connectivity index (χ1v) is 3.82. The number of hydrogen-bond donors (Lipinski definition) is 0. The van der Waals surface area contributed by atoms with Gasteiger partial charge in [-0.2, -0.15) is 0 Å². The molecular weight excluding hydrogens is 148 g/mol. The second kappa shape index (κ2) is 2.39. The minimum absolute atomic E-state index is 0.0426. The van der Waals surface area contributed by atoms with E-state index in [0.717, 1.165) is 6.42 Å². The average Bonchev–Trinajstić information content (AvgIpc) is 1.79. The van der Waals surface area contributed by atoms with Gasteiger partial charge in [0.25, 0.3) is 0 Å². The summed E-state index contributed by atoms with van der Waals surface area (Å²) in [4.78, 5) is 10.9. The van der Waals surface area contributed by atoms with Crippen LogP contribution in [0.1, 0.15) is 20.3 Å². The minimum Gasteiger partial charge on any atom is -0.293 e. The second-order valence-corrected chi connectivity index (χ2v) is 3.92. The van der Waals surface area contributed by atoms with Crippen molar-refractivity contribution in [2.24, 2.45) is 5.41 Å². The molecule has 1 rings (SSSR count). The highest BCUT2D eigenvalue weighted by Crippen LogP contribution is 2.30. The van der Waals surface area contributed by atoms with Gasteiger partial charge in [0.2, 0.25) is 0 Å². The molecule has 0 heterocycles. The highest BCUT2D eigenvalue weighted by molar-refractivity contribution is 6.33. The Balaban J connectivity index is 2.78. The summed E-state index contributed by atoms with van der Waals surface area (Å²) in [6.45, 7) is 4.15. The predicted molar refractivity (Wildman–Crippen MR) is 42.2 cm³/mol. The minimum atomic E-state index is -0.306. The van der Waals surface area contributed by atoms with Crippen molar-refractivity contribution in [3.8, 4) is 0 Å². The molecule has 0 saturated carbocycles. The fourth-order valence-electron chi connectivity index (χ4n) is 1.04. The van der Waals surface area contributed by atoms with Gasteiger partial charge in [-0.1, -0.05) is 19.9 Å². The molecule has 0 aromatic carbocycles. The van der Waals surface area contributed by atoms with Crippen LogP contribution >= 0.6 is 11.6 Å². The Bertz CT molecular complexity index is 182. The summed E-state index contributed by atoms with van der Waals surface area (Å²) < 4.78 is 0. The van der Waals surface area contributed by atoms with E-state index >= 15 is 0 Å². The molecule has 1 atom stereocenters. The van der Waals surface area contributed by atoms with E-state index in [-0.39, 0.29) is 16.6 Å². The van der Waals surface area contributed by atoms with Crippen LogP contribution in [0.2, 0.25) is 0 Å². The van der Waals surface area contributed by atoms with Crippen molar-refractivity contribution in [2.75, 3.05) is 0 Å². The lowest BCUT2D eigenvalue weighted by atomic mass is 9.82. The van der Waals surface area contributed by atoms with E-state index in [9.17, 15) is 4.79 Å². The van der Waals surface area contributed by atoms with Crippen molar-refractivity contribution in [1.82, 2.24) is 0 Å². The van der Waals surface area contributed by atoms with Crippen molar-refractivity contribution < 1.29 is 4.79 Å². The van der Waals surface area contributed by atoms with Crippen molar-refractivity contribution in [3.63, 3.8) is 0 Å². The predicted octanol–water partition coefficient (Wildman–Crippen LogP) is 2.15. The molecule has 0 aliphatic heterocycles. The van der Waals surface area contributed by atoms with E-state index in [0.29, 0.717) is 0 Å². The first-order valence-electron chi connectivity index (χ1n) is 3.38. The number of carbonyl (C=O) groups is 1. The number of alkyl halides is 1. The summed E-state index contributed by atoms with van der Waals surface area (Å²) in [5, 5.41) is -0.306. The van der Waals surface area contributed by atoms with Gasteiger partial charge in [-0.05, 0) is 17.9 Å². The third-order valence-electron chi connectivity index (χ3n) is 1.71. The van der Waals surface area contributed by atoms with Crippen LogP contribution in [-0.2, 0) is 4.79 Å². The topological polar surface area (TPSA) is 17.1 Å². The zero-order valence-corrected chi connectivity index (χ0v) is 6.98. The van der Waals surface area contributed by atoms with Gasteiger partial charge in [-0.25, -0.2) is 0 Å². The largest absolute Gasteiger partial charge is 0.293 e. The Hall–Kier alpha value is -0.300. The lowest BCUT2D eigenvalue weighted by Crippen LogP contribution is -2.25. The molecule has 0 radical (unpaired) electrons. The van der Waals surface area contributed by atoms with E-state index < -0.39 is 0 Å². The van der Waals surface area contributed by atoms with Crippen molar-refractivity contribution >= 4 is 17.4 Å². The maximum absolute atomic E-state index is 10.9. The molecule has 0 bridgehead atoms. The van der Waals surface area contributed by atoms with Gasteiger partial charge < -0.3 is 0 Å². The van der Waals surface area contributed by atoms with Crippen LogP contribution < -0.4 is 0 Å². The van der Waals surface area contributed by atoms with E-state index in [1.807, 2.05) is 6.08 Å². The van der Waals surface area contributed by atoms with Crippen LogP contribution in [0.5, 0.6) is 0 Å². The van der Waals surface area contributed by atoms with Crippen LogP contribution in [0.3, 0.4) is 0 Å². The van der Waals surface area contributed by atoms with Gasteiger partial charge in [-0.15, -0.1) is 11.6 Å². The summed E-state index contributed by atoms with van der Waals surface area (Å²) in [6, 6.07) is 0. The SMILES string of the molecule is CC1(C)C=CC(=O)C(Cl)C1. The number of ketones is 1. The van der Waals surface area contributed by atoms with Gasteiger partial charge in [0.1, 0.15) is 0 Å². The van der Waals surface area contributed by atoms with E-state index in [1.54, 1.807) is 6.08 Å². The highest BCUT2D eigenvalue weighted by atomic mass is 35.5. The summed E-state index contributed by atoms with van der Waals surface area (Å²) in [6.07, 6.45) is 4.26. The number of halogens is 1. The first kappa shape index (κ1) is 7.80. The Morgan fingerprint density at radius 1 is 1.70 bits per heavy atom. The normalized spacial score (nSPS) is 30.7. The maximum atomic E-state index is 10.9. The Labute approximate surface area is 66.1 Å². The quantitative estimate of drug-likeness (QED) is 0.494. The van der Waals surface area contributed by atoms with Crippen molar-refractivity contribution in [3.05, 3.63) is 12.2 Å². The molecule has 0 aromatic heterocycles. The molecule has 1 unspecified atom stereocenters. The molecule has 2 heteroatoms. The number of hydrogen-bond acceptors (Lipinski definition) is 1. The Morgan fingerprint density at radius 3 is 2.70 bits per heavy atom. The molecule has 0 saturated heterocycles. The second-order valence-electron chi connectivity index (χ2n) is 3.40. The van der Waals surface area contributed by atoms with Crippen LogP contribution in [-0.4, -0.2) is 11.2 Å². The van der Waals surface area contributed by atoms with Crippen LogP contribution in [0, 0.1) is 5.41 Å². The van der Waals surface area contributed by atoms with Gasteiger partial charge in [0.05, 0.1) is 5.38 Å². The lowest BCUT2D eigenvalue weighted by Gasteiger charge is -2.25. The van der Waals surface area contributed by atoms with Crippen LogP contribution in [0.15, 0.2) is 12.2 Å². The van der Waals surface area contributed by atoms with Crippen LogP contribution in [0.4, 0.5) is 0 Å². The Kier molecular flexibility index (Phi) is 1.86. The van der Waals surface area contributed by atoms with Crippen molar-refractivity contribution in [1.29, 1.82) is 0 Å². The summed E-state index contributed by atoms with van der Waals surface area (Å²) in [5.41, 5.74) is 0.0975. The molecule has 56 valence electrons. The van der Waals surface area contributed by atoms with Crippen molar-refractivity contribution in [2.45, 2.75) is 25.6 Å². The molecular formula is C8H11ClO.